The first-order chi connectivity index (χ1) is 10.7. The summed E-state index contributed by atoms with van der Waals surface area (Å²) in [5.41, 5.74) is 5.53. The predicted molar refractivity (Wildman–Crippen MR) is 89.2 cm³/mol. The normalized spacial score (nSPS) is 27.5. The van der Waals surface area contributed by atoms with Gasteiger partial charge in [0.25, 0.3) is 0 Å². The number of nitrogens with zero attached hydrogens (tertiary/aromatic N) is 1. The molecule has 0 aromatic heterocycles. The van der Waals surface area contributed by atoms with Crippen molar-refractivity contribution in [1.82, 2.24) is 4.90 Å². The van der Waals surface area contributed by atoms with Crippen molar-refractivity contribution in [3.05, 3.63) is 64.7 Å². The second-order valence-corrected chi connectivity index (χ2v) is 6.88. The Balaban J connectivity index is 1.91. The number of rotatable bonds is 1. The maximum Gasteiger partial charge on any atom is 0.115 e. The Labute approximate surface area is 132 Å². The molecule has 0 bridgehead atoms. The van der Waals surface area contributed by atoms with E-state index >= 15 is 0 Å². The summed E-state index contributed by atoms with van der Waals surface area (Å²) in [5.74, 6) is 1.42. The molecule has 4 rings (SSSR count). The van der Waals surface area contributed by atoms with Crippen molar-refractivity contribution in [2.24, 2.45) is 5.92 Å². The van der Waals surface area contributed by atoms with Crippen LogP contribution in [0.25, 0.3) is 0 Å². The van der Waals surface area contributed by atoms with Crippen LogP contribution in [0.3, 0.4) is 0 Å². The third-order valence-electron chi connectivity index (χ3n) is 5.60. The Morgan fingerprint density at radius 1 is 1.05 bits per heavy atom. The molecule has 1 saturated heterocycles. The second kappa shape index (κ2) is 5.13. The summed E-state index contributed by atoms with van der Waals surface area (Å²) < 4.78 is 0. The highest BCUT2D eigenvalue weighted by Crippen LogP contribution is 2.55. The number of aryl methyl sites for hydroxylation is 1. The first-order valence-electron chi connectivity index (χ1n) is 8.25. The van der Waals surface area contributed by atoms with E-state index in [4.69, 9.17) is 0 Å². The van der Waals surface area contributed by atoms with Crippen LogP contribution in [-0.4, -0.2) is 23.6 Å². The van der Waals surface area contributed by atoms with E-state index < -0.39 is 0 Å². The molecule has 0 saturated carbocycles. The van der Waals surface area contributed by atoms with Crippen molar-refractivity contribution < 1.29 is 5.11 Å². The number of hydrogen-bond acceptors (Lipinski definition) is 2. The molecule has 0 spiro atoms. The minimum atomic E-state index is 0.388. The van der Waals surface area contributed by atoms with E-state index in [-0.39, 0.29) is 0 Å². The number of phenols is 1. The highest BCUT2D eigenvalue weighted by Gasteiger charge is 2.45. The number of likely N-dealkylation sites (tertiary alicyclic amines) is 1. The number of phenolic OH excluding ortho intramolecular Hbond substituents is 1. The number of hydrogen-bond donors (Lipinski definition) is 1. The van der Waals surface area contributed by atoms with Crippen molar-refractivity contribution in [3.63, 3.8) is 0 Å². The summed E-state index contributed by atoms with van der Waals surface area (Å²) in [6.45, 7) is 3.37. The molecule has 2 aromatic rings. The third kappa shape index (κ3) is 1.98. The Morgan fingerprint density at radius 3 is 2.68 bits per heavy atom. The van der Waals surface area contributed by atoms with Crippen LogP contribution in [0, 0.1) is 12.8 Å². The van der Waals surface area contributed by atoms with Crippen LogP contribution < -0.4 is 0 Å². The number of aromatic hydroxyl groups is 1. The average molecular weight is 293 g/mol. The van der Waals surface area contributed by atoms with Crippen LogP contribution in [0.4, 0.5) is 0 Å². The first kappa shape index (κ1) is 13.8. The van der Waals surface area contributed by atoms with Gasteiger partial charge in [-0.15, -0.1) is 0 Å². The van der Waals surface area contributed by atoms with Gasteiger partial charge in [0.1, 0.15) is 5.75 Å². The van der Waals surface area contributed by atoms with Crippen LogP contribution in [0.2, 0.25) is 0 Å². The highest BCUT2D eigenvalue weighted by atomic mass is 16.3. The molecule has 2 aromatic carbocycles. The van der Waals surface area contributed by atoms with Gasteiger partial charge in [0, 0.05) is 12.0 Å². The van der Waals surface area contributed by atoms with Gasteiger partial charge in [-0.25, -0.2) is 0 Å². The summed E-state index contributed by atoms with van der Waals surface area (Å²) in [7, 11) is 2.24. The summed E-state index contributed by atoms with van der Waals surface area (Å²) in [4.78, 5) is 2.50. The molecule has 2 aliphatic rings. The molecule has 3 unspecified atom stereocenters. The Kier molecular flexibility index (Phi) is 3.23. The van der Waals surface area contributed by atoms with E-state index in [1.165, 1.54) is 41.6 Å². The number of piperidine rings is 1. The molecule has 1 aliphatic heterocycles. The zero-order chi connectivity index (χ0) is 15.3. The summed E-state index contributed by atoms with van der Waals surface area (Å²) in [5, 5.41) is 10.0. The van der Waals surface area contributed by atoms with Gasteiger partial charge >= 0.3 is 0 Å². The van der Waals surface area contributed by atoms with E-state index in [2.05, 4.69) is 49.2 Å². The largest absolute Gasteiger partial charge is 0.508 e. The third-order valence-corrected chi connectivity index (χ3v) is 5.60. The molecule has 0 radical (unpaired) electrons. The quantitative estimate of drug-likeness (QED) is 0.850. The van der Waals surface area contributed by atoms with Gasteiger partial charge in [-0.05, 0) is 73.7 Å². The molecule has 3 atom stereocenters. The lowest BCUT2D eigenvalue weighted by atomic mass is 9.78. The summed E-state index contributed by atoms with van der Waals surface area (Å²) in [6, 6.07) is 15.2. The van der Waals surface area contributed by atoms with E-state index in [9.17, 15) is 5.11 Å². The lowest BCUT2D eigenvalue weighted by Gasteiger charge is -2.37. The molecule has 114 valence electrons. The molecular weight excluding hydrogens is 270 g/mol. The van der Waals surface area contributed by atoms with E-state index in [1.54, 1.807) is 0 Å². The van der Waals surface area contributed by atoms with Gasteiger partial charge in [-0.2, -0.15) is 0 Å². The van der Waals surface area contributed by atoms with Gasteiger partial charge in [-0.1, -0.05) is 30.3 Å². The molecule has 2 heteroatoms. The van der Waals surface area contributed by atoms with Gasteiger partial charge in [0.15, 0.2) is 0 Å². The van der Waals surface area contributed by atoms with Gasteiger partial charge in [0.05, 0.1) is 0 Å². The van der Waals surface area contributed by atoms with Crippen LogP contribution in [0.15, 0.2) is 42.5 Å². The zero-order valence-electron chi connectivity index (χ0n) is 13.3. The summed E-state index contributed by atoms with van der Waals surface area (Å²) in [6.07, 6.45) is 2.53. The van der Waals surface area contributed by atoms with Crippen molar-refractivity contribution in [2.45, 2.75) is 31.7 Å². The minimum absolute atomic E-state index is 0.388. The van der Waals surface area contributed by atoms with Crippen molar-refractivity contribution >= 4 is 0 Å². The van der Waals surface area contributed by atoms with E-state index in [0.717, 1.165) is 0 Å². The van der Waals surface area contributed by atoms with Crippen LogP contribution >= 0.6 is 0 Å². The van der Waals surface area contributed by atoms with Crippen molar-refractivity contribution in [3.8, 4) is 5.75 Å². The summed E-state index contributed by atoms with van der Waals surface area (Å²) >= 11 is 0. The monoisotopic (exact) mass is 293 g/mol. The maximum absolute atomic E-state index is 10.0. The zero-order valence-corrected chi connectivity index (χ0v) is 13.3. The minimum Gasteiger partial charge on any atom is -0.508 e. The molecule has 1 N–H and O–H groups in total. The van der Waals surface area contributed by atoms with Crippen LogP contribution in [0.5, 0.6) is 5.75 Å². The van der Waals surface area contributed by atoms with E-state index in [0.29, 0.717) is 23.6 Å². The predicted octanol–water partition coefficient (Wildman–Crippen LogP) is 4.23. The fourth-order valence-electron chi connectivity index (χ4n) is 4.68. The van der Waals surface area contributed by atoms with Crippen molar-refractivity contribution in [1.29, 1.82) is 0 Å². The number of fused-ring (bicyclic) bond motifs is 3. The lowest BCUT2D eigenvalue weighted by Crippen LogP contribution is -2.34. The molecule has 2 nitrogen and oxygen atoms in total. The van der Waals surface area contributed by atoms with Gasteiger partial charge in [-0.3, -0.25) is 4.90 Å². The first-order valence-corrected chi connectivity index (χ1v) is 8.25. The number of benzene rings is 2. The lowest BCUT2D eigenvalue weighted by molar-refractivity contribution is 0.127. The van der Waals surface area contributed by atoms with Gasteiger partial charge in [0.2, 0.25) is 0 Å². The van der Waals surface area contributed by atoms with E-state index in [1.807, 2.05) is 12.1 Å². The molecule has 22 heavy (non-hydrogen) atoms. The molecule has 1 heterocycles. The fourth-order valence-corrected chi connectivity index (χ4v) is 4.68. The highest BCUT2D eigenvalue weighted by molar-refractivity contribution is 5.50. The molecule has 0 amide bonds. The van der Waals surface area contributed by atoms with Crippen LogP contribution in [-0.2, 0) is 0 Å². The molecule has 1 aliphatic carbocycles. The molecular formula is C20H23NO. The smallest absolute Gasteiger partial charge is 0.115 e. The Hall–Kier alpha value is -1.80. The Morgan fingerprint density at radius 2 is 1.86 bits per heavy atom. The topological polar surface area (TPSA) is 23.5 Å². The standard InChI is InChI=1S/C20H23NO/c1-13-6-3-4-7-15(13)19-17-8-5-11-21(2)20(17)16-10-9-14(22)12-18(16)19/h3-4,6-7,9-10,12,17,19-20,22H,5,8,11H2,1-2H3. The van der Waals surface area contributed by atoms with Crippen molar-refractivity contribution in [2.75, 3.05) is 13.6 Å². The Bertz CT molecular complexity index is 709. The molecule has 1 fully saturated rings. The second-order valence-electron chi connectivity index (χ2n) is 6.88. The SMILES string of the molecule is Cc1ccccc1C1c2cc(O)ccc2C2C1CCCN2C. The maximum atomic E-state index is 10.0. The average Bonchev–Trinajstić information content (AvgIpc) is 2.82. The fraction of sp³-hybridized carbons (Fsp3) is 0.400. The van der Waals surface area contributed by atoms with Gasteiger partial charge < -0.3 is 5.11 Å². The van der Waals surface area contributed by atoms with Crippen LogP contribution in [0.1, 0.15) is 47.1 Å².